The van der Waals surface area contributed by atoms with Gasteiger partial charge < -0.3 is 19.5 Å². The highest BCUT2D eigenvalue weighted by molar-refractivity contribution is 5.79. The van der Waals surface area contributed by atoms with E-state index >= 15 is 0 Å². The van der Waals surface area contributed by atoms with Crippen LogP contribution in [0.25, 0.3) is 0 Å². The molecule has 0 radical (unpaired) electrons. The van der Waals surface area contributed by atoms with Gasteiger partial charge in [0.05, 0.1) is 24.4 Å². The van der Waals surface area contributed by atoms with E-state index in [4.69, 9.17) is 4.74 Å². The molecule has 198 valence electrons. The highest BCUT2D eigenvalue weighted by Gasteiger charge is 2.33. The van der Waals surface area contributed by atoms with Gasteiger partial charge in [-0.3, -0.25) is 4.79 Å². The monoisotopic (exact) mass is 514 g/mol. The summed E-state index contributed by atoms with van der Waals surface area (Å²) in [4.78, 5) is 19.3. The van der Waals surface area contributed by atoms with Crippen LogP contribution in [0.15, 0.2) is 73.3 Å². The second kappa shape index (κ2) is 12.8. The second-order valence-corrected chi connectivity index (χ2v) is 9.58. The first kappa shape index (κ1) is 26.7. The lowest BCUT2D eigenvalue weighted by Gasteiger charge is -2.37. The van der Waals surface area contributed by atoms with Gasteiger partial charge in [0.25, 0.3) is 0 Å². The van der Waals surface area contributed by atoms with Gasteiger partial charge in [-0.25, -0.2) is 4.98 Å². The van der Waals surface area contributed by atoms with Gasteiger partial charge in [0.2, 0.25) is 5.91 Å². The van der Waals surface area contributed by atoms with Crippen LogP contribution >= 0.6 is 0 Å². The van der Waals surface area contributed by atoms with Crippen LogP contribution in [0.1, 0.15) is 24.0 Å². The van der Waals surface area contributed by atoms with Crippen molar-refractivity contribution in [2.45, 2.75) is 32.0 Å². The Morgan fingerprint density at radius 1 is 1.08 bits per heavy atom. The Kier molecular flexibility index (Phi) is 9.22. The largest absolute Gasteiger partial charge is 0.493 e. The second-order valence-electron chi connectivity index (χ2n) is 9.58. The van der Waals surface area contributed by atoms with E-state index in [1.54, 1.807) is 12.5 Å². The van der Waals surface area contributed by atoms with Crippen LogP contribution in [0.4, 0.5) is 13.2 Å². The van der Waals surface area contributed by atoms with E-state index in [1.807, 2.05) is 29.0 Å². The minimum Gasteiger partial charge on any atom is -0.493 e. The predicted octanol–water partition coefficient (Wildman–Crippen LogP) is 4.67. The normalized spacial score (nSPS) is 18.5. The summed E-state index contributed by atoms with van der Waals surface area (Å²) < 4.78 is 47.0. The molecule has 37 heavy (non-hydrogen) atoms. The summed E-state index contributed by atoms with van der Waals surface area (Å²) in [6.07, 6.45) is 3.25. The number of carbonyl (C=O) groups excluding carboxylic acids is 1. The molecule has 0 saturated carbocycles. The topological polar surface area (TPSA) is 59.4 Å². The highest BCUT2D eigenvalue weighted by atomic mass is 19.4. The first-order chi connectivity index (χ1) is 17.9. The maximum atomic E-state index is 13.1. The lowest BCUT2D eigenvalue weighted by atomic mass is 9.88. The molecule has 3 aromatic rings. The number of alkyl halides is 3. The van der Waals surface area contributed by atoms with Crippen LogP contribution in [0.2, 0.25) is 0 Å². The number of aryl methyl sites for hydroxylation is 1. The Morgan fingerprint density at radius 2 is 1.92 bits per heavy atom. The number of carbonyl (C=O) groups is 1. The number of piperidine rings is 1. The van der Waals surface area contributed by atoms with Crippen molar-refractivity contribution in [2.24, 2.45) is 11.8 Å². The summed E-state index contributed by atoms with van der Waals surface area (Å²) in [5.41, 5.74) is 0.497. The molecule has 1 aliphatic heterocycles. The fraction of sp³-hybridized carbons (Fsp3) is 0.429. The number of benzene rings is 2. The van der Waals surface area contributed by atoms with Crippen molar-refractivity contribution in [2.75, 3.05) is 32.8 Å². The molecule has 1 aliphatic rings. The number of likely N-dealkylation sites (tertiary alicyclic amines) is 1. The van der Waals surface area contributed by atoms with Crippen LogP contribution < -0.4 is 10.1 Å². The highest BCUT2D eigenvalue weighted by Crippen LogP contribution is 2.32. The molecule has 1 N–H and O–H groups in total. The molecular weight excluding hydrogens is 481 g/mol. The fourth-order valence-corrected chi connectivity index (χ4v) is 4.74. The molecule has 9 heteroatoms. The zero-order chi connectivity index (χ0) is 26.1. The van der Waals surface area contributed by atoms with E-state index in [1.165, 1.54) is 17.7 Å². The molecule has 0 aliphatic carbocycles. The van der Waals surface area contributed by atoms with E-state index in [0.717, 1.165) is 44.6 Å². The maximum Gasteiger partial charge on any atom is 0.416 e. The Bertz CT molecular complexity index is 1110. The molecule has 1 fully saturated rings. The van der Waals surface area contributed by atoms with Crippen LogP contribution in [0, 0.1) is 11.8 Å². The number of hydrogen-bond acceptors (Lipinski definition) is 4. The minimum absolute atomic E-state index is 0.0131. The predicted molar refractivity (Wildman–Crippen MR) is 135 cm³/mol. The van der Waals surface area contributed by atoms with Crippen LogP contribution in [-0.2, 0) is 23.9 Å². The van der Waals surface area contributed by atoms with Gasteiger partial charge in [-0.2, -0.15) is 13.2 Å². The van der Waals surface area contributed by atoms with Crippen molar-refractivity contribution in [3.63, 3.8) is 0 Å². The van der Waals surface area contributed by atoms with Crippen LogP contribution in [0.5, 0.6) is 5.75 Å². The third kappa shape index (κ3) is 8.35. The molecule has 1 saturated heterocycles. The summed E-state index contributed by atoms with van der Waals surface area (Å²) in [7, 11) is 0. The molecule has 2 aromatic carbocycles. The number of nitrogens with one attached hydrogen (secondary N) is 1. The zero-order valence-electron chi connectivity index (χ0n) is 20.7. The maximum absolute atomic E-state index is 13.1. The number of hydrogen-bond donors (Lipinski definition) is 1. The molecule has 0 unspecified atom stereocenters. The smallest absolute Gasteiger partial charge is 0.416 e. The van der Waals surface area contributed by atoms with Gasteiger partial charge in [-0.05, 0) is 43.0 Å². The number of imidazole rings is 1. The Labute approximate surface area is 215 Å². The van der Waals surface area contributed by atoms with Gasteiger partial charge in [-0.15, -0.1) is 0 Å². The Morgan fingerprint density at radius 3 is 2.68 bits per heavy atom. The molecule has 4 rings (SSSR count). The molecular formula is C28H33F3N4O2. The number of ether oxygens (including phenoxy) is 1. The number of halogens is 3. The Balaban J connectivity index is 1.34. The quantitative estimate of drug-likeness (QED) is 0.378. The van der Waals surface area contributed by atoms with Crippen molar-refractivity contribution in [3.05, 3.63) is 84.4 Å². The summed E-state index contributed by atoms with van der Waals surface area (Å²) in [5, 5.41) is 3.06. The van der Waals surface area contributed by atoms with E-state index in [2.05, 4.69) is 27.3 Å². The average molecular weight is 515 g/mol. The SMILES string of the molecule is O=C(NCCCn1ccnc1)[C@@H]1C[C@H](COc2cccc(C(F)(F)F)c2)CN(CCc2ccccc2)C1. The lowest BCUT2D eigenvalue weighted by molar-refractivity contribution is -0.137. The molecule has 0 spiro atoms. The van der Waals surface area contributed by atoms with E-state index in [0.29, 0.717) is 19.5 Å². The van der Waals surface area contributed by atoms with Gasteiger partial charge >= 0.3 is 6.18 Å². The third-order valence-corrected chi connectivity index (χ3v) is 6.64. The first-order valence-electron chi connectivity index (χ1n) is 12.7. The molecule has 1 amide bonds. The van der Waals surface area contributed by atoms with Gasteiger partial charge in [0.15, 0.2) is 0 Å². The van der Waals surface area contributed by atoms with Crippen LogP contribution in [-0.4, -0.2) is 53.1 Å². The van der Waals surface area contributed by atoms with Gasteiger partial charge in [0.1, 0.15) is 5.75 Å². The summed E-state index contributed by atoms with van der Waals surface area (Å²) in [6, 6.07) is 15.1. The molecule has 1 aromatic heterocycles. The number of aromatic nitrogens is 2. The lowest BCUT2D eigenvalue weighted by Crippen LogP contribution is -2.48. The van der Waals surface area contributed by atoms with Crippen molar-refractivity contribution < 1.29 is 22.7 Å². The van der Waals surface area contributed by atoms with Gasteiger partial charge in [0, 0.05) is 51.0 Å². The number of rotatable bonds is 11. The summed E-state index contributed by atoms with van der Waals surface area (Å²) in [5.74, 6) is 0.0319. The van der Waals surface area contributed by atoms with E-state index in [9.17, 15) is 18.0 Å². The van der Waals surface area contributed by atoms with E-state index < -0.39 is 11.7 Å². The Hall–Kier alpha value is -3.33. The average Bonchev–Trinajstić information content (AvgIpc) is 3.42. The van der Waals surface area contributed by atoms with E-state index in [-0.39, 0.29) is 30.1 Å². The summed E-state index contributed by atoms with van der Waals surface area (Å²) in [6.45, 7) is 3.79. The van der Waals surface area contributed by atoms with Crippen LogP contribution in [0.3, 0.4) is 0 Å². The van der Waals surface area contributed by atoms with Crippen molar-refractivity contribution in [1.29, 1.82) is 0 Å². The molecule has 6 nitrogen and oxygen atoms in total. The number of amides is 1. The van der Waals surface area contributed by atoms with Crippen molar-refractivity contribution in [1.82, 2.24) is 19.8 Å². The number of nitrogens with zero attached hydrogens (tertiary/aromatic N) is 3. The molecule has 0 bridgehead atoms. The molecule has 2 atom stereocenters. The van der Waals surface area contributed by atoms with Gasteiger partial charge in [-0.1, -0.05) is 36.4 Å². The third-order valence-electron chi connectivity index (χ3n) is 6.64. The van der Waals surface area contributed by atoms with Crippen molar-refractivity contribution in [3.8, 4) is 5.75 Å². The molecule has 2 heterocycles. The standard InChI is InChI=1S/C28H33F3N4O2/c29-28(30,31)25-8-4-9-26(17-25)37-20-23-16-24(27(36)33-11-5-13-34-15-12-32-21-34)19-35(18-23)14-10-22-6-2-1-3-7-22/h1-4,6-9,12,15,17,21,23-24H,5,10-11,13-14,16,18-20H2,(H,33,36)/t23-,24+/m0/s1. The minimum atomic E-state index is -4.42. The van der Waals surface area contributed by atoms with Crippen molar-refractivity contribution >= 4 is 5.91 Å². The fourth-order valence-electron chi connectivity index (χ4n) is 4.74. The zero-order valence-corrected chi connectivity index (χ0v) is 20.7. The first-order valence-corrected chi connectivity index (χ1v) is 12.7. The summed E-state index contributed by atoms with van der Waals surface area (Å²) >= 11 is 0.